The van der Waals surface area contributed by atoms with Gasteiger partial charge in [-0.3, -0.25) is 4.79 Å². The third-order valence-electron chi connectivity index (χ3n) is 3.40. The lowest BCUT2D eigenvalue weighted by molar-refractivity contribution is -0.147. The van der Waals surface area contributed by atoms with Gasteiger partial charge >= 0.3 is 5.97 Å². The summed E-state index contributed by atoms with van der Waals surface area (Å²) in [4.78, 5) is 12.0. The van der Waals surface area contributed by atoms with E-state index in [1.54, 1.807) is 24.3 Å². The Morgan fingerprint density at radius 1 is 1.33 bits per heavy atom. The van der Waals surface area contributed by atoms with Crippen LogP contribution in [-0.2, 0) is 10.2 Å². The number of benzene rings is 1. The van der Waals surface area contributed by atoms with Gasteiger partial charge in [-0.15, -0.1) is 11.8 Å². The molecule has 5 heteroatoms. The van der Waals surface area contributed by atoms with Gasteiger partial charge in [0.15, 0.2) is 0 Å². The maximum Gasteiger partial charge on any atom is 0.314 e. The van der Waals surface area contributed by atoms with Crippen molar-refractivity contribution >= 4 is 17.7 Å². The standard InChI is InChI=1S/C13H14F2O2S/c14-11(15)8-18-10-4-2-9(3-5-10)13(12(16)17)6-1-7-13/h2-5,11H,1,6-8H2,(H,16,17). The third-order valence-corrected chi connectivity index (χ3v) is 4.42. The molecule has 0 spiro atoms. The van der Waals surface area contributed by atoms with Gasteiger partial charge in [-0.2, -0.15) is 0 Å². The highest BCUT2D eigenvalue weighted by molar-refractivity contribution is 7.99. The number of alkyl halides is 2. The SMILES string of the molecule is O=C(O)C1(c2ccc(SCC(F)F)cc2)CCC1. The minimum atomic E-state index is -2.33. The van der Waals surface area contributed by atoms with Crippen LogP contribution in [0.5, 0.6) is 0 Å². The highest BCUT2D eigenvalue weighted by atomic mass is 32.2. The molecular formula is C13H14F2O2S. The molecule has 0 heterocycles. The molecule has 1 fully saturated rings. The van der Waals surface area contributed by atoms with Crippen molar-refractivity contribution in [2.45, 2.75) is 36.0 Å². The van der Waals surface area contributed by atoms with Crippen LogP contribution in [0.15, 0.2) is 29.2 Å². The van der Waals surface area contributed by atoms with Crippen LogP contribution < -0.4 is 0 Å². The molecule has 18 heavy (non-hydrogen) atoms. The van der Waals surface area contributed by atoms with Gasteiger partial charge in [0.05, 0.1) is 11.2 Å². The number of hydrogen-bond donors (Lipinski definition) is 1. The largest absolute Gasteiger partial charge is 0.481 e. The van der Waals surface area contributed by atoms with Crippen LogP contribution in [-0.4, -0.2) is 23.3 Å². The van der Waals surface area contributed by atoms with Crippen LogP contribution in [0.2, 0.25) is 0 Å². The van der Waals surface area contributed by atoms with Crippen molar-refractivity contribution in [3.05, 3.63) is 29.8 Å². The number of halogens is 2. The molecular weight excluding hydrogens is 258 g/mol. The number of aliphatic carboxylic acids is 1. The monoisotopic (exact) mass is 272 g/mol. The zero-order valence-corrected chi connectivity index (χ0v) is 10.6. The second-order valence-electron chi connectivity index (χ2n) is 4.47. The fourth-order valence-electron chi connectivity index (χ4n) is 2.19. The van der Waals surface area contributed by atoms with E-state index in [4.69, 9.17) is 0 Å². The normalized spacial score (nSPS) is 17.5. The maximum absolute atomic E-state index is 12.1. The molecule has 1 aromatic carbocycles. The minimum absolute atomic E-state index is 0.233. The van der Waals surface area contributed by atoms with E-state index in [1.165, 1.54) is 0 Å². The molecule has 98 valence electrons. The van der Waals surface area contributed by atoms with Gasteiger partial charge in [-0.1, -0.05) is 18.6 Å². The summed E-state index contributed by atoms with van der Waals surface area (Å²) in [7, 11) is 0. The van der Waals surface area contributed by atoms with E-state index in [1.807, 2.05) is 0 Å². The first-order valence-electron chi connectivity index (χ1n) is 5.79. The van der Waals surface area contributed by atoms with E-state index < -0.39 is 17.8 Å². The molecule has 0 aromatic heterocycles. The molecule has 0 atom stereocenters. The van der Waals surface area contributed by atoms with Gasteiger partial charge in [0.1, 0.15) is 0 Å². The van der Waals surface area contributed by atoms with Crippen LogP contribution in [0.25, 0.3) is 0 Å². The van der Waals surface area contributed by atoms with Crippen LogP contribution in [0.4, 0.5) is 8.78 Å². The molecule has 0 saturated heterocycles. The molecule has 0 aliphatic heterocycles. The Hall–Kier alpha value is -1.10. The summed E-state index contributed by atoms with van der Waals surface area (Å²) >= 11 is 1.08. The van der Waals surface area contributed by atoms with E-state index in [0.29, 0.717) is 12.8 Å². The summed E-state index contributed by atoms with van der Waals surface area (Å²) in [5, 5.41) is 9.28. The summed E-state index contributed by atoms with van der Waals surface area (Å²) in [5.41, 5.74) is 0.0361. The summed E-state index contributed by atoms with van der Waals surface area (Å²) in [6.07, 6.45) is -0.0852. The molecule has 1 aliphatic rings. The number of rotatable bonds is 5. The van der Waals surface area contributed by atoms with E-state index in [-0.39, 0.29) is 5.75 Å². The zero-order valence-electron chi connectivity index (χ0n) is 9.73. The number of hydrogen-bond acceptors (Lipinski definition) is 2. The fraction of sp³-hybridized carbons (Fsp3) is 0.462. The van der Waals surface area contributed by atoms with Crippen LogP contribution >= 0.6 is 11.8 Å². The first-order valence-corrected chi connectivity index (χ1v) is 6.78. The highest BCUT2D eigenvalue weighted by Crippen LogP contribution is 2.44. The predicted molar refractivity (Wildman–Crippen MR) is 66.3 cm³/mol. The van der Waals surface area contributed by atoms with E-state index >= 15 is 0 Å². The quantitative estimate of drug-likeness (QED) is 0.833. The van der Waals surface area contributed by atoms with Crippen molar-refractivity contribution in [2.75, 3.05) is 5.75 Å². The average molecular weight is 272 g/mol. The predicted octanol–water partition coefficient (Wildman–Crippen LogP) is 3.55. The van der Waals surface area contributed by atoms with Crippen LogP contribution in [0.3, 0.4) is 0 Å². The molecule has 2 rings (SSSR count). The number of carboxylic acids is 1. The smallest absolute Gasteiger partial charge is 0.314 e. The van der Waals surface area contributed by atoms with Gasteiger partial charge in [0, 0.05) is 4.90 Å². The van der Waals surface area contributed by atoms with E-state index in [2.05, 4.69) is 0 Å². The Bertz CT molecular complexity index is 427. The second kappa shape index (κ2) is 5.26. The maximum atomic E-state index is 12.1. The number of carboxylic acid groups (broad SMARTS) is 1. The fourth-order valence-corrected chi connectivity index (χ4v) is 2.83. The van der Waals surface area contributed by atoms with Gasteiger partial charge < -0.3 is 5.11 Å². The Labute approximate surface area is 108 Å². The van der Waals surface area contributed by atoms with Crippen molar-refractivity contribution in [1.82, 2.24) is 0 Å². The number of carbonyl (C=O) groups is 1. The third kappa shape index (κ3) is 2.51. The molecule has 1 N–H and O–H groups in total. The van der Waals surface area contributed by atoms with Crippen LogP contribution in [0, 0.1) is 0 Å². The molecule has 1 aliphatic carbocycles. The zero-order chi connectivity index (χ0) is 13.2. The Kier molecular flexibility index (Phi) is 3.90. The Morgan fingerprint density at radius 2 is 1.94 bits per heavy atom. The molecule has 0 unspecified atom stereocenters. The highest BCUT2D eigenvalue weighted by Gasteiger charge is 2.45. The summed E-state index contributed by atoms with van der Waals surface area (Å²) in [5.74, 6) is -1.02. The molecule has 0 amide bonds. The summed E-state index contributed by atoms with van der Waals surface area (Å²) in [6.45, 7) is 0. The average Bonchev–Trinajstić information content (AvgIpc) is 2.26. The van der Waals surface area contributed by atoms with Crippen molar-refractivity contribution in [3.63, 3.8) is 0 Å². The molecule has 0 radical (unpaired) electrons. The van der Waals surface area contributed by atoms with E-state index in [0.717, 1.165) is 28.6 Å². The van der Waals surface area contributed by atoms with E-state index in [9.17, 15) is 18.7 Å². The summed E-state index contributed by atoms with van der Waals surface area (Å²) in [6, 6.07) is 6.96. The summed E-state index contributed by atoms with van der Waals surface area (Å²) < 4.78 is 24.1. The van der Waals surface area contributed by atoms with Crippen LogP contribution in [0.1, 0.15) is 24.8 Å². The van der Waals surface area contributed by atoms with Crippen molar-refractivity contribution < 1.29 is 18.7 Å². The first-order chi connectivity index (χ1) is 8.54. The topological polar surface area (TPSA) is 37.3 Å². The van der Waals surface area contributed by atoms with Crippen molar-refractivity contribution in [2.24, 2.45) is 0 Å². The lowest BCUT2D eigenvalue weighted by Crippen LogP contribution is -2.42. The molecule has 1 aromatic rings. The van der Waals surface area contributed by atoms with Crippen molar-refractivity contribution in [1.29, 1.82) is 0 Å². The Morgan fingerprint density at radius 3 is 2.33 bits per heavy atom. The first kappa shape index (κ1) is 13.3. The van der Waals surface area contributed by atoms with Crippen molar-refractivity contribution in [3.8, 4) is 0 Å². The number of thioether (sulfide) groups is 1. The molecule has 1 saturated carbocycles. The second-order valence-corrected chi connectivity index (χ2v) is 5.56. The molecule has 0 bridgehead atoms. The van der Waals surface area contributed by atoms with Gasteiger partial charge in [-0.05, 0) is 30.5 Å². The Balaban J connectivity index is 2.10. The lowest BCUT2D eigenvalue weighted by atomic mass is 9.64. The molecule has 2 nitrogen and oxygen atoms in total. The van der Waals surface area contributed by atoms with Gasteiger partial charge in [0.2, 0.25) is 6.43 Å². The van der Waals surface area contributed by atoms with Gasteiger partial charge in [-0.25, -0.2) is 8.78 Å². The van der Waals surface area contributed by atoms with Gasteiger partial charge in [0.25, 0.3) is 0 Å². The minimum Gasteiger partial charge on any atom is -0.481 e. The lowest BCUT2D eigenvalue weighted by Gasteiger charge is -2.38.